The summed E-state index contributed by atoms with van der Waals surface area (Å²) in [5.41, 5.74) is -0.0899. The van der Waals surface area contributed by atoms with Crippen molar-refractivity contribution in [2.45, 2.75) is 9.79 Å². The Hall–Kier alpha value is -1.18. The SMILES string of the molecule is O=C(O)c1cc(Br)cc(S(=O)(=O)c2cccc(Br)c2)c1. The lowest BCUT2D eigenvalue weighted by Crippen LogP contribution is -2.05. The fraction of sp³-hybridized carbons (Fsp3) is 0. The molecule has 0 aliphatic rings. The number of sulfone groups is 1. The number of hydrogen-bond acceptors (Lipinski definition) is 3. The Kier molecular flexibility index (Phi) is 4.31. The lowest BCUT2D eigenvalue weighted by Gasteiger charge is -2.07. The van der Waals surface area contributed by atoms with Gasteiger partial charge in [0, 0.05) is 8.95 Å². The Morgan fingerprint density at radius 1 is 0.950 bits per heavy atom. The van der Waals surface area contributed by atoms with Crippen LogP contribution < -0.4 is 0 Å². The molecule has 2 rings (SSSR count). The number of hydrogen-bond donors (Lipinski definition) is 1. The molecule has 0 radical (unpaired) electrons. The number of carboxylic acids is 1. The highest BCUT2D eigenvalue weighted by Crippen LogP contribution is 2.27. The molecule has 0 spiro atoms. The fourth-order valence-corrected chi connectivity index (χ4v) is 4.18. The van der Waals surface area contributed by atoms with Gasteiger partial charge in [0.2, 0.25) is 9.84 Å². The summed E-state index contributed by atoms with van der Waals surface area (Å²) in [5.74, 6) is -1.18. The predicted molar refractivity (Wildman–Crippen MR) is 80.7 cm³/mol. The molecule has 0 aromatic heterocycles. The zero-order valence-corrected chi connectivity index (χ0v) is 13.9. The molecule has 2 aromatic rings. The third-order valence-corrected chi connectivity index (χ3v) is 5.22. The van der Waals surface area contributed by atoms with Crippen molar-refractivity contribution in [1.82, 2.24) is 0 Å². The van der Waals surface area contributed by atoms with Crippen LogP contribution in [0.4, 0.5) is 0 Å². The Labute approximate surface area is 132 Å². The van der Waals surface area contributed by atoms with Gasteiger partial charge < -0.3 is 5.11 Å². The summed E-state index contributed by atoms with van der Waals surface area (Å²) in [6, 6.07) is 10.1. The van der Waals surface area contributed by atoms with Crippen molar-refractivity contribution in [3.05, 3.63) is 57.0 Å². The van der Waals surface area contributed by atoms with Gasteiger partial charge in [-0.25, -0.2) is 13.2 Å². The van der Waals surface area contributed by atoms with E-state index in [9.17, 15) is 13.2 Å². The van der Waals surface area contributed by atoms with Gasteiger partial charge in [-0.1, -0.05) is 37.9 Å². The largest absolute Gasteiger partial charge is 0.478 e. The molecule has 0 aliphatic carbocycles. The minimum atomic E-state index is -3.76. The molecule has 0 unspecified atom stereocenters. The molecule has 20 heavy (non-hydrogen) atoms. The van der Waals surface area contributed by atoms with Gasteiger partial charge in [-0.2, -0.15) is 0 Å². The predicted octanol–water partition coefficient (Wildman–Crippen LogP) is 3.74. The molecule has 0 amide bonds. The van der Waals surface area contributed by atoms with E-state index in [0.29, 0.717) is 8.95 Å². The maximum absolute atomic E-state index is 12.5. The molecule has 104 valence electrons. The maximum Gasteiger partial charge on any atom is 0.335 e. The normalized spacial score (nSPS) is 11.3. The Balaban J connectivity index is 2.63. The van der Waals surface area contributed by atoms with Crippen molar-refractivity contribution >= 4 is 47.7 Å². The van der Waals surface area contributed by atoms with E-state index in [1.54, 1.807) is 12.1 Å². The first-order valence-electron chi connectivity index (χ1n) is 5.35. The van der Waals surface area contributed by atoms with Crippen LogP contribution in [0.25, 0.3) is 0 Å². The molecule has 7 heteroatoms. The van der Waals surface area contributed by atoms with Crippen LogP contribution in [0.1, 0.15) is 10.4 Å². The summed E-state index contributed by atoms with van der Waals surface area (Å²) in [6.07, 6.45) is 0. The second-order valence-corrected chi connectivity index (χ2v) is 7.72. The molecule has 0 atom stereocenters. The summed E-state index contributed by atoms with van der Waals surface area (Å²) in [6.45, 7) is 0. The molecule has 0 heterocycles. The second-order valence-electron chi connectivity index (χ2n) is 3.94. The summed E-state index contributed by atoms with van der Waals surface area (Å²) in [4.78, 5) is 11.0. The quantitative estimate of drug-likeness (QED) is 0.822. The number of benzene rings is 2. The van der Waals surface area contributed by atoms with Gasteiger partial charge in [0.15, 0.2) is 0 Å². The van der Waals surface area contributed by atoms with Gasteiger partial charge in [0.1, 0.15) is 0 Å². The smallest absolute Gasteiger partial charge is 0.335 e. The molecular weight excluding hydrogens is 412 g/mol. The van der Waals surface area contributed by atoms with Crippen LogP contribution in [-0.4, -0.2) is 19.5 Å². The van der Waals surface area contributed by atoms with E-state index >= 15 is 0 Å². The van der Waals surface area contributed by atoms with E-state index in [-0.39, 0.29) is 15.4 Å². The first-order chi connectivity index (χ1) is 9.30. The zero-order chi connectivity index (χ0) is 14.9. The van der Waals surface area contributed by atoms with E-state index < -0.39 is 15.8 Å². The highest BCUT2D eigenvalue weighted by molar-refractivity contribution is 9.10. The van der Waals surface area contributed by atoms with Crippen LogP contribution in [0.2, 0.25) is 0 Å². The van der Waals surface area contributed by atoms with Crippen molar-refractivity contribution in [3.63, 3.8) is 0 Å². The lowest BCUT2D eigenvalue weighted by atomic mass is 10.2. The van der Waals surface area contributed by atoms with E-state index in [1.165, 1.54) is 24.3 Å². The van der Waals surface area contributed by atoms with Gasteiger partial charge in [-0.15, -0.1) is 0 Å². The van der Waals surface area contributed by atoms with E-state index in [1.807, 2.05) is 0 Å². The van der Waals surface area contributed by atoms with Crippen LogP contribution in [-0.2, 0) is 9.84 Å². The van der Waals surface area contributed by atoms with Crippen molar-refractivity contribution in [2.24, 2.45) is 0 Å². The minimum Gasteiger partial charge on any atom is -0.478 e. The average Bonchev–Trinajstić information content (AvgIpc) is 2.38. The minimum absolute atomic E-state index is 0.0672. The van der Waals surface area contributed by atoms with E-state index in [2.05, 4.69) is 31.9 Å². The molecule has 0 fully saturated rings. The topological polar surface area (TPSA) is 71.4 Å². The average molecular weight is 420 g/mol. The van der Waals surface area contributed by atoms with Crippen molar-refractivity contribution in [1.29, 1.82) is 0 Å². The van der Waals surface area contributed by atoms with Crippen LogP contribution in [0.5, 0.6) is 0 Å². The van der Waals surface area contributed by atoms with Gasteiger partial charge in [0.25, 0.3) is 0 Å². The maximum atomic E-state index is 12.5. The zero-order valence-electron chi connectivity index (χ0n) is 9.88. The van der Waals surface area contributed by atoms with Crippen LogP contribution >= 0.6 is 31.9 Å². The Morgan fingerprint density at radius 3 is 2.20 bits per heavy atom. The monoisotopic (exact) mass is 418 g/mol. The molecule has 4 nitrogen and oxygen atoms in total. The lowest BCUT2D eigenvalue weighted by molar-refractivity contribution is 0.0696. The number of halogens is 2. The fourth-order valence-electron chi connectivity index (χ4n) is 1.61. The number of aromatic carboxylic acids is 1. The van der Waals surface area contributed by atoms with Gasteiger partial charge in [-0.3, -0.25) is 0 Å². The van der Waals surface area contributed by atoms with Crippen LogP contribution in [0.15, 0.2) is 61.2 Å². The number of rotatable bonds is 3. The van der Waals surface area contributed by atoms with Crippen LogP contribution in [0, 0.1) is 0 Å². The Bertz CT molecular complexity index is 785. The molecule has 1 N–H and O–H groups in total. The van der Waals surface area contributed by atoms with E-state index in [4.69, 9.17) is 5.11 Å². The molecular formula is C13H8Br2O4S. The highest BCUT2D eigenvalue weighted by Gasteiger charge is 2.20. The highest BCUT2D eigenvalue weighted by atomic mass is 79.9. The summed E-state index contributed by atoms with van der Waals surface area (Å²) in [7, 11) is -3.76. The molecule has 2 aromatic carbocycles. The number of carboxylic acid groups (broad SMARTS) is 1. The molecule has 0 bridgehead atoms. The van der Waals surface area contributed by atoms with Crippen molar-refractivity contribution in [3.8, 4) is 0 Å². The molecule has 0 saturated carbocycles. The van der Waals surface area contributed by atoms with Gasteiger partial charge >= 0.3 is 5.97 Å². The molecule has 0 aliphatic heterocycles. The summed E-state index contributed by atoms with van der Waals surface area (Å²) in [5, 5.41) is 8.99. The van der Waals surface area contributed by atoms with E-state index in [0.717, 1.165) is 6.07 Å². The first-order valence-corrected chi connectivity index (χ1v) is 8.42. The summed E-state index contributed by atoms with van der Waals surface area (Å²) >= 11 is 6.34. The third-order valence-electron chi connectivity index (χ3n) is 2.53. The summed E-state index contributed by atoms with van der Waals surface area (Å²) < 4.78 is 26.0. The standard InChI is InChI=1S/C13H8Br2O4S/c14-9-2-1-3-11(6-9)20(18,19)12-5-8(13(16)17)4-10(15)7-12/h1-7H,(H,16,17). The third kappa shape index (κ3) is 3.11. The number of carbonyl (C=O) groups is 1. The molecule has 0 saturated heterocycles. The van der Waals surface area contributed by atoms with Gasteiger partial charge in [0.05, 0.1) is 15.4 Å². The van der Waals surface area contributed by atoms with Crippen LogP contribution in [0.3, 0.4) is 0 Å². The van der Waals surface area contributed by atoms with Gasteiger partial charge in [-0.05, 0) is 36.4 Å². The van der Waals surface area contributed by atoms with Crippen molar-refractivity contribution < 1.29 is 18.3 Å². The van der Waals surface area contributed by atoms with Crippen molar-refractivity contribution in [2.75, 3.05) is 0 Å². The first kappa shape index (κ1) is 15.2. The second kappa shape index (κ2) is 5.67. The Morgan fingerprint density at radius 2 is 1.60 bits per heavy atom.